The molecule has 1 nitrogen and oxygen atoms in total. The van der Waals surface area contributed by atoms with Gasteiger partial charge in [0.25, 0.3) is 0 Å². The summed E-state index contributed by atoms with van der Waals surface area (Å²) >= 11 is 0. The van der Waals surface area contributed by atoms with E-state index in [1.807, 2.05) is 13.8 Å². The largest absolute Gasteiger partial charge is 0.389 e. The van der Waals surface area contributed by atoms with Crippen LogP contribution < -0.4 is 0 Å². The maximum absolute atomic E-state index is 12.8. The molecule has 0 saturated heterocycles. The number of hydrogen-bond acceptors (Lipinski definition) is 1. The van der Waals surface area contributed by atoms with E-state index in [0.29, 0.717) is 12.0 Å². The van der Waals surface area contributed by atoms with Crippen molar-refractivity contribution < 1.29 is 13.9 Å². The lowest BCUT2D eigenvalue weighted by Gasteiger charge is -2.06. The van der Waals surface area contributed by atoms with Gasteiger partial charge in [-0.2, -0.15) is 0 Å². The average molecular weight is 212 g/mol. The first kappa shape index (κ1) is 11.9. The van der Waals surface area contributed by atoms with Crippen LogP contribution in [0.1, 0.15) is 19.4 Å². The summed E-state index contributed by atoms with van der Waals surface area (Å²) in [6.45, 7) is 3.74. The van der Waals surface area contributed by atoms with Gasteiger partial charge in [-0.05, 0) is 31.5 Å². The van der Waals surface area contributed by atoms with Gasteiger partial charge in [-0.3, -0.25) is 0 Å². The summed E-state index contributed by atoms with van der Waals surface area (Å²) < 4.78 is 25.4. The van der Waals surface area contributed by atoms with Crippen molar-refractivity contribution >= 4 is 0 Å². The Morgan fingerprint density at radius 3 is 2.53 bits per heavy atom. The molecule has 1 atom stereocenters. The van der Waals surface area contributed by atoms with E-state index in [-0.39, 0.29) is 0 Å². The SMILES string of the molecule is CC(C)=CC(O)Cc1ccc(F)c(F)c1. The molecule has 82 valence electrons. The van der Waals surface area contributed by atoms with Crippen LogP contribution in [-0.2, 0) is 6.42 Å². The minimum atomic E-state index is -0.878. The number of aliphatic hydroxyl groups is 1. The molecule has 0 fully saturated rings. The number of aliphatic hydroxyl groups excluding tert-OH is 1. The Morgan fingerprint density at radius 2 is 2.00 bits per heavy atom. The summed E-state index contributed by atoms with van der Waals surface area (Å²) in [6, 6.07) is 3.65. The zero-order valence-corrected chi connectivity index (χ0v) is 8.80. The molecule has 0 radical (unpaired) electrons. The molecule has 1 aromatic carbocycles. The van der Waals surface area contributed by atoms with Crippen molar-refractivity contribution in [1.82, 2.24) is 0 Å². The molecule has 0 saturated carbocycles. The number of halogens is 2. The molecule has 0 spiro atoms. The first-order chi connectivity index (χ1) is 6.99. The summed E-state index contributed by atoms with van der Waals surface area (Å²) in [5, 5.41) is 9.54. The van der Waals surface area contributed by atoms with Gasteiger partial charge >= 0.3 is 0 Å². The average Bonchev–Trinajstić information content (AvgIpc) is 2.10. The Labute approximate surface area is 88.1 Å². The molecular weight excluding hydrogens is 198 g/mol. The van der Waals surface area contributed by atoms with E-state index in [9.17, 15) is 13.9 Å². The summed E-state index contributed by atoms with van der Waals surface area (Å²) in [5.41, 5.74) is 1.57. The monoisotopic (exact) mass is 212 g/mol. The highest BCUT2D eigenvalue weighted by molar-refractivity contribution is 5.19. The standard InChI is InChI=1S/C12H14F2O/c1-8(2)5-10(15)6-9-3-4-11(13)12(14)7-9/h3-5,7,10,15H,6H2,1-2H3. The Morgan fingerprint density at radius 1 is 1.33 bits per heavy atom. The van der Waals surface area contributed by atoms with E-state index in [1.165, 1.54) is 6.07 Å². The normalized spacial score (nSPS) is 12.3. The third-order valence-corrected chi connectivity index (χ3v) is 1.95. The number of benzene rings is 1. The maximum Gasteiger partial charge on any atom is 0.159 e. The van der Waals surface area contributed by atoms with Crippen LogP contribution in [0.25, 0.3) is 0 Å². The van der Waals surface area contributed by atoms with E-state index >= 15 is 0 Å². The molecule has 0 aliphatic heterocycles. The highest BCUT2D eigenvalue weighted by atomic mass is 19.2. The fraction of sp³-hybridized carbons (Fsp3) is 0.333. The van der Waals surface area contributed by atoms with E-state index in [2.05, 4.69) is 0 Å². The highest BCUT2D eigenvalue weighted by Gasteiger charge is 2.06. The summed E-state index contributed by atoms with van der Waals surface area (Å²) in [7, 11) is 0. The Bertz CT molecular complexity index is 368. The molecule has 0 bridgehead atoms. The van der Waals surface area contributed by atoms with Gasteiger partial charge in [-0.15, -0.1) is 0 Å². The van der Waals surface area contributed by atoms with Crippen LogP contribution in [0.2, 0.25) is 0 Å². The second kappa shape index (κ2) is 5.03. The van der Waals surface area contributed by atoms with Gasteiger partial charge < -0.3 is 5.11 Å². The zero-order valence-electron chi connectivity index (χ0n) is 8.80. The molecule has 15 heavy (non-hydrogen) atoms. The predicted octanol–water partition coefficient (Wildman–Crippen LogP) is 2.83. The molecule has 0 heterocycles. The van der Waals surface area contributed by atoms with Gasteiger partial charge in [0.15, 0.2) is 11.6 Å². The Kier molecular flexibility index (Phi) is 3.97. The third kappa shape index (κ3) is 3.80. The lowest BCUT2D eigenvalue weighted by molar-refractivity contribution is 0.223. The van der Waals surface area contributed by atoms with Crippen molar-refractivity contribution in [2.75, 3.05) is 0 Å². The van der Waals surface area contributed by atoms with E-state index in [4.69, 9.17) is 0 Å². The number of allylic oxidation sites excluding steroid dienone is 1. The Hall–Kier alpha value is -1.22. The molecule has 1 aromatic rings. The van der Waals surface area contributed by atoms with Crippen LogP contribution in [0.4, 0.5) is 8.78 Å². The third-order valence-electron chi connectivity index (χ3n) is 1.95. The first-order valence-electron chi connectivity index (χ1n) is 4.76. The molecule has 1 unspecified atom stereocenters. The summed E-state index contributed by atoms with van der Waals surface area (Å²) in [6.07, 6.45) is 1.32. The molecular formula is C12H14F2O. The first-order valence-corrected chi connectivity index (χ1v) is 4.76. The summed E-state index contributed by atoms with van der Waals surface area (Å²) in [4.78, 5) is 0. The van der Waals surface area contributed by atoms with Crippen molar-refractivity contribution in [3.63, 3.8) is 0 Å². The zero-order chi connectivity index (χ0) is 11.4. The van der Waals surface area contributed by atoms with Crippen LogP contribution in [0.3, 0.4) is 0 Å². The van der Waals surface area contributed by atoms with Gasteiger partial charge in [0.1, 0.15) is 0 Å². The van der Waals surface area contributed by atoms with Gasteiger partial charge in [0.2, 0.25) is 0 Å². The van der Waals surface area contributed by atoms with E-state index in [1.54, 1.807) is 6.08 Å². The lowest BCUT2D eigenvalue weighted by atomic mass is 10.1. The van der Waals surface area contributed by atoms with E-state index < -0.39 is 17.7 Å². The van der Waals surface area contributed by atoms with Crippen molar-refractivity contribution in [3.05, 3.63) is 47.0 Å². The van der Waals surface area contributed by atoms with Crippen molar-refractivity contribution in [1.29, 1.82) is 0 Å². The second-order valence-electron chi connectivity index (χ2n) is 3.76. The van der Waals surface area contributed by atoms with Crippen molar-refractivity contribution in [3.8, 4) is 0 Å². The molecule has 1 N–H and O–H groups in total. The minimum absolute atomic E-state index is 0.294. The van der Waals surface area contributed by atoms with Crippen LogP contribution in [-0.4, -0.2) is 11.2 Å². The molecule has 0 aliphatic rings. The quantitative estimate of drug-likeness (QED) is 0.764. The van der Waals surface area contributed by atoms with E-state index in [0.717, 1.165) is 17.7 Å². The summed E-state index contributed by atoms with van der Waals surface area (Å²) in [5.74, 6) is -1.74. The van der Waals surface area contributed by atoms with Crippen LogP contribution in [0, 0.1) is 11.6 Å². The Balaban J connectivity index is 2.73. The topological polar surface area (TPSA) is 20.2 Å². The van der Waals surface area contributed by atoms with Gasteiger partial charge in [0, 0.05) is 6.42 Å². The van der Waals surface area contributed by atoms with Crippen LogP contribution in [0.5, 0.6) is 0 Å². The van der Waals surface area contributed by atoms with Crippen molar-refractivity contribution in [2.24, 2.45) is 0 Å². The maximum atomic E-state index is 12.8. The number of rotatable bonds is 3. The minimum Gasteiger partial charge on any atom is -0.389 e. The van der Waals surface area contributed by atoms with Gasteiger partial charge in [0.05, 0.1) is 6.10 Å². The van der Waals surface area contributed by atoms with Crippen LogP contribution >= 0.6 is 0 Å². The smallest absolute Gasteiger partial charge is 0.159 e. The van der Waals surface area contributed by atoms with Crippen molar-refractivity contribution in [2.45, 2.75) is 26.4 Å². The second-order valence-corrected chi connectivity index (χ2v) is 3.76. The molecule has 0 aromatic heterocycles. The van der Waals surface area contributed by atoms with Crippen LogP contribution in [0.15, 0.2) is 29.8 Å². The highest BCUT2D eigenvalue weighted by Crippen LogP contribution is 2.11. The van der Waals surface area contributed by atoms with Gasteiger partial charge in [-0.25, -0.2) is 8.78 Å². The molecule has 1 rings (SSSR count). The lowest BCUT2D eigenvalue weighted by Crippen LogP contribution is -2.07. The number of hydrogen-bond donors (Lipinski definition) is 1. The molecule has 3 heteroatoms. The fourth-order valence-corrected chi connectivity index (χ4v) is 1.35. The molecule has 0 amide bonds. The fourth-order valence-electron chi connectivity index (χ4n) is 1.35. The predicted molar refractivity (Wildman–Crippen MR) is 55.5 cm³/mol. The molecule has 0 aliphatic carbocycles. The van der Waals surface area contributed by atoms with Gasteiger partial charge in [-0.1, -0.05) is 17.7 Å².